The second-order valence-electron chi connectivity index (χ2n) is 2.46. The lowest BCUT2D eigenvalue weighted by Crippen LogP contribution is -1.90. The number of aryl methyl sites for hydroxylation is 2. The van der Waals surface area contributed by atoms with Crippen LogP contribution in [-0.4, -0.2) is 0 Å². The van der Waals surface area contributed by atoms with Crippen LogP contribution >= 0.6 is 28.3 Å². The van der Waals surface area contributed by atoms with Crippen LogP contribution in [0.2, 0.25) is 0 Å². The largest absolute Gasteiger partial charge is 0.399 e. The number of benzene rings is 1. The number of anilines is 1. The maximum Gasteiger partial charge on any atom is 0.0347 e. The molecular weight excluding hydrogens is 225 g/mol. The van der Waals surface area contributed by atoms with E-state index in [0.717, 1.165) is 15.7 Å². The molecule has 1 nitrogen and oxygen atoms in total. The predicted molar refractivity (Wildman–Crippen MR) is 55.3 cm³/mol. The lowest BCUT2D eigenvalue weighted by Gasteiger charge is -2.02. The third-order valence-corrected chi connectivity index (χ3v) is 2.40. The molecule has 1 aromatic carbocycles. The molecule has 11 heavy (non-hydrogen) atoms. The molecule has 0 aliphatic carbocycles. The van der Waals surface area contributed by atoms with Gasteiger partial charge in [0.25, 0.3) is 0 Å². The van der Waals surface area contributed by atoms with E-state index in [4.69, 9.17) is 5.73 Å². The minimum Gasteiger partial charge on any atom is -0.399 e. The maximum atomic E-state index is 5.67. The Kier molecular flexibility index (Phi) is 3.90. The first kappa shape index (κ1) is 10.8. The molecular formula is C8H11BrClN. The van der Waals surface area contributed by atoms with Crippen LogP contribution in [0.15, 0.2) is 16.6 Å². The zero-order valence-corrected chi connectivity index (χ0v) is 8.92. The van der Waals surface area contributed by atoms with Gasteiger partial charge in [-0.3, -0.25) is 0 Å². The molecule has 0 saturated heterocycles. The van der Waals surface area contributed by atoms with E-state index in [-0.39, 0.29) is 12.4 Å². The van der Waals surface area contributed by atoms with Gasteiger partial charge >= 0.3 is 0 Å². The van der Waals surface area contributed by atoms with Crippen molar-refractivity contribution in [3.05, 3.63) is 27.7 Å². The van der Waals surface area contributed by atoms with Crippen LogP contribution < -0.4 is 5.73 Å². The van der Waals surface area contributed by atoms with Crippen molar-refractivity contribution in [1.29, 1.82) is 0 Å². The highest BCUT2D eigenvalue weighted by Crippen LogP contribution is 2.21. The van der Waals surface area contributed by atoms with Crippen LogP contribution in [0, 0.1) is 13.8 Å². The van der Waals surface area contributed by atoms with Crippen LogP contribution in [0.5, 0.6) is 0 Å². The van der Waals surface area contributed by atoms with Crippen molar-refractivity contribution < 1.29 is 0 Å². The molecule has 0 bridgehead atoms. The summed E-state index contributed by atoms with van der Waals surface area (Å²) in [5.74, 6) is 0. The van der Waals surface area contributed by atoms with Crippen molar-refractivity contribution in [2.75, 3.05) is 5.73 Å². The fourth-order valence-electron chi connectivity index (χ4n) is 0.803. The van der Waals surface area contributed by atoms with E-state index >= 15 is 0 Å². The zero-order chi connectivity index (χ0) is 7.72. The van der Waals surface area contributed by atoms with Gasteiger partial charge < -0.3 is 5.73 Å². The molecule has 0 unspecified atom stereocenters. The number of nitrogen functional groups attached to an aromatic ring is 1. The molecule has 0 aliphatic heterocycles. The molecule has 2 N–H and O–H groups in total. The molecule has 0 radical (unpaired) electrons. The number of halogens is 2. The summed E-state index contributed by atoms with van der Waals surface area (Å²) in [6, 6.07) is 4.00. The first-order valence-corrected chi connectivity index (χ1v) is 3.93. The van der Waals surface area contributed by atoms with E-state index in [0.29, 0.717) is 0 Å². The monoisotopic (exact) mass is 235 g/mol. The Labute approximate surface area is 81.5 Å². The van der Waals surface area contributed by atoms with Crippen LogP contribution in [-0.2, 0) is 0 Å². The number of rotatable bonds is 0. The Morgan fingerprint density at radius 2 is 1.73 bits per heavy atom. The highest BCUT2D eigenvalue weighted by atomic mass is 79.9. The van der Waals surface area contributed by atoms with Gasteiger partial charge in [0.1, 0.15) is 0 Å². The molecule has 0 aliphatic rings. The highest BCUT2D eigenvalue weighted by molar-refractivity contribution is 9.10. The molecule has 0 fully saturated rings. The summed E-state index contributed by atoms with van der Waals surface area (Å²) in [7, 11) is 0. The Balaban J connectivity index is 0.000001000. The van der Waals surface area contributed by atoms with Gasteiger partial charge in [-0.05, 0) is 37.1 Å². The van der Waals surface area contributed by atoms with Gasteiger partial charge in [0.15, 0.2) is 0 Å². The van der Waals surface area contributed by atoms with Crippen LogP contribution in [0.25, 0.3) is 0 Å². The van der Waals surface area contributed by atoms with Crippen molar-refractivity contribution in [2.24, 2.45) is 0 Å². The summed E-state index contributed by atoms with van der Waals surface area (Å²) in [6.07, 6.45) is 0. The average molecular weight is 237 g/mol. The summed E-state index contributed by atoms with van der Waals surface area (Å²) in [5, 5.41) is 0. The van der Waals surface area contributed by atoms with Crippen molar-refractivity contribution in [3.8, 4) is 0 Å². The van der Waals surface area contributed by atoms with Gasteiger partial charge in [-0.15, -0.1) is 12.4 Å². The quantitative estimate of drug-likeness (QED) is 0.689. The molecule has 0 atom stereocenters. The standard InChI is InChI=1S/C8H10BrN.ClH/c1-5-4-8(10)6(2)3-7(5)9;/h3-4H,10H2,1-2H3;1H. The predicted octanol–water partition coefficient (Wildman–Crippen LogP) is 3.07. The SMILES string of the molecule is Cc1cc(Br)c(C)cc1N.Cl. The van der Waals surface area contributed by atoms with E-state index in [1.165, 1.54) is 5.56 Å². The van der Waals surface area contributed by atoms with E-state index in [2.05, 4.69) is 15.9 Å². The number of hydrogen-bond acceptors (Lipinski definition) is 1. The lowest BCUT2D eigenvalue weighted by atomic mass is 10.1. The number of nitrogens with two attached hydrogens (primary N) is 1. The minimum atomic E-state index is 0. The Morgan fingerprint density at radius 3 is 2.18 bits per heavy atom. The molecule has 1 rings (SSSR count). The van der Waals surface area contributed by atoms with Gasteiger partial charge in [-0.2, -0.15) is 0 Å². The summed E-state index contributed by atoms with van der Waals surface area (Å²) in [4.78, 5) is 0. The Morgan fingerprint density at radius 1 is 1.18 bits per heavy atom. The van der Waals surface area contributed by atoms with Gasteiger partial charge in [-0.1, -0.05) is 15.9 Å². The highest BCUT2D eigenvalue weighted by Gasteiger charge is 1.97. The normalized spacial score (nSPS) is 9.00. The topological polar surface area (TPSA) is 26.0 Å². The summed E-state index contributed by atoms with van der Waals surface area (Å²) in [6.45, 7) is 4.03. The first-order chi connectivity index (χ1) is 4.61. The van der Waals surface area contributed by atoms with Crippen molar-refractivity contribution in [1.82, 2.24) is 0 Å². The maximum absolute atomic E-state index is 5.67. The smallest absolute Gasteiger partial charge is 0.0347 e. The first-order valence-electron chi connectivity index (χ1n) is 3.13. The van der Waals surface area contributed by atoms with Gasteiger partial charge in [0.2, 0.25) is 0 Å². The third-order valence-electron chi connectivity index (χ3n) is 1.55. The molecule has 0 saturated carbocycles. The van der Waals surface area contributed by atoms with Crippen LogP contribution in [0.1, 0.15) is 11.1 Å². The summed E-state index contributed by atoms with van der Waals surface area (Å²) in [5.41, 5.74) is 8.84. The van der Waals surface area contributed by atoms with Crippen molar-refractivity contribution in [2.45, 2.75) is 13.8 Å². The van der Waals surface area contributed by atoms with E-state index in [1.807, 2.05) is 26.0 Å². The fraction of sp³-hybridized carbons (Fsp3) is 0.250. The Hall–Kier alpha value is -0.210. The average Bonchev–Trinajstić information content (AvgIpc) is 1.84. The Bertz CT molecular complexity index is 210. The second kappa shape index (κ2) is 3.98. The minimum absolute atomic E-state index is 0. The fourth-order valence-corrected chi connectivity index (χ4v) is 1.26. The molecule has 0 aromatic heterocycles. The second-order valence-corrected chi connectivity index (χ2v) is 3.31. The summed E-state index contributed by atoms with van der Waals surface area (Å²) < 4.78 is 1.12. The van der Waals surface area contributed by atoms with Crippen molar-refractivity contribution in [3.63, 3.8) is 0 Å². The number of hydrogen-bond donors (Lipinski definition) is 1. The summed E-state index contributed by atoms with van der Waals surface area (Å²) >= 11 is 3.42. The molecule has 0 heterocycles. The van der Waals surface area contributed by atoms with Crippen molar-refractivity contribution >= 4 is 34.0 Å². The van der Waals surface area contributed by atoms with Gasteiger partial charge in [0.05, 0.1) is 0 Å². The van der Waals surface area contributed by atoms with Crippen LogP contribution in [0.3, 0.4) is 0 Å². The van der Waals surface area contributed by atoms with E-state index < -0.39 is 0 Å². The van der Waals surface area contributed by atoms with E-state index in [9.17, 15) is 0 Å². The lowest BCUT2D eigenvalue weighted by molar-refractivity contribution is 1.37. The van der Waals surface area contributed by atoms with Gasteiger partial charge in [0, 0.05) is 10.2 Å². The van der Waals surface area contributed by atoms with E-state index in [1.54, 1.807) is 0 Å². The molecule has 0 spiro atoms. The van der Waals surface area contributed by atoms with Gasteiger partial charge in [-0.25, -0.2) is 0 Å². The van der Waals surface area contributed by atoms with Crippen LogP contribution in [0.4, 0.5) is 5.69 Å². The molecule has 62 valence electrons. The molecule has 3 heteroatoms. The third kappa shape index (κ3) is 2.38. The zero-order valence-electron chi connectivity index (χ0n) is 6.52. The molecule has 0 amide bonds. The molecule has 1 aromatic rings.